The van der Waals surface area contributed by atoms with Crippen LogP contribution in [0.5, 0.6) is 0 Å². The van der Waals surface area contributed by atoms with Crippen LogP contribution in [0.25, 0.3) is 100 Å². The number of nitriles is 2. The standard InChI is InChI=1S/C45H21N5S2/c1-48-37-10-6-9-30-35-22-34-29-8-3-5-12-39(29)50(43(34)36(24-47)44(35)52-45(30)37)27-15-18-42-33(21-27)32-20-26(14-17-41(32)51-42)49-38-11-4-2-7-28(38)31-19-25(23-46)13-16-40(31)49/h2-22H. The number of hydrogen-bond donors (Lipinski definition) is 0. The van der Waals surface area contributed by atoms with E-state index in [-0.39, 0.29) is 0 Å². The predicted octanol–water partition coefficient (Wildman–Crippen LogP) is 12.9. The van der Waals surface area contributed by atoms with Gasteiger partial charge in [-0.05, 0) is 78.2 Å². The maximum Gasteiger partial charge on any atom is 0.204 e. The van der Waals surface area contributed by atoms with Gasteiger partial charge in [0.1, 0.15) is 6.07 Å². The topological polar surface area (TPSA) is 61.8 Å². The third-order valence-corrected chi connectivity index (χ3v) is 12.8. The molecule has 7 aromatic carbocycles. The van der Waals surface area contributed by atoms with Crippen molar-refractivity contribution >= 4 is 112 Å². The zero-order valence-corrected chi connectivity index (χ0v) is 28.8. The molecule has 0 fully saturated rings. The highest BCUT2D eigenvalue weighted by molar-refractivity contribution is 7.27. The summed E-state index contributed by atoms with van der Waals surface area (Å²) in [6, 6.07) is 48.9. The van der Waals surface area contributed by atoms with Crippen LogP contribution in [0.1, 0.15) is 11.1 Å². The molecule has 4 aromatic heterocycles. The Labute approximate surface area is 304 Å². The Morgan fingerprint density at radius 1 is 0.500 bits per heavy atom. The molecule has 7 heteroatoms. The minimum Gasteiger partial charge on any atom is -0.309 e. The van der Waals surface area contributed by atoms with Gasteiger partial charge in [0.05, 0.1) is 50.5 Å². The van der Waals surface area contributed by atoms with Gasteiger partial charge in [-0.3, -0.25) is 0 Å². The Bertz CT molecular complexity index is 3520. The monoisotopic (exact) mass is 695 g/mol. The number of para-hydroxylation sites is 2. The van der Waals surface area contributed by atoms with Crippen LogP contribution in [0.15, 0.2) is 127 Å². The first-order valence-electron chi connectivity index (χ1n) is 16.7. The van der Waals surface area contributed by atoms with Crippen molar-refractivity contribution in [2.24, 2.45) is 0 Å². The molecule has 0 aliphatic rings. The first kappa shape index (κ1) is 28.8. The molecule has 0 N–H and O–H groups in total. The maximum atomic E-state index is 10.8. The Hall–Kier alpha value is -6.95. The molecule has 0 spiro atoms. The van der Waals surface area contributed by atoms with E-state index in [1.807, 2.05) is 36.4 Å². The van der Waals surface area contributed by atoms with Gasteiger partial charge in [0.25, 0.3) is 0 Å². The van der Waals surface area contributed by atoms with E-state index in [1.54, 1.807) is 11.3 Å². The van der Waals surface area contributed by atoms with Gasteiger partial charge in [0.2, 0.25) is 5.69 Å². The zero-order chi connectivity index (χ0) is 34.7. The van der Waals surface area contributed by atoms with E-state index < -0.39 is 0 Å². The number of rotatable bonds is 2. The van der Waals surface area contributed by atoms with E-state index in [1.165, 1.54) is 26.1 Å². The number of benzene rings is 7. The molecule has 0 unspecified atom stereocenters. The first-order valence-corrected chi connectivity index (χ1v) is 18.4. The fraction of sp³-hybridized carbons (Fsp3) is 0. The molecule has 0 radical (unpaired) electrons. The van der Waals surface area contributed by atoms with Crippen molar-refractivity contribution in [3.05, 3.63) is 150 Å². The molecule has 0 bridgehead atoms. The molecule has 0 saturated heterocycles. The average Bonchev–Trinajstić information content (AvgIpc) is 3.94. The molecule has 11 rings (SSSR count). The Morgan fingerprint density at radius 2 is 1.15 bits per heavy atom. The van der Waals surface area contributed by atoms with Crippen molar-refractivity contribution in [1.29, 1.82) is 10.5 Å². The van der Waals surface area contributed by atoms with Gasteiger partial charge >= 0.3 is 0 Å². The van der Waals surface area contributed by atoms with Crippen molar-refractivity contribution in [2.45, 2.75) is 0 Å². The second-order valence-corrected chi connectivity index (χ2v) is 15.1. The third kappa shape index (κ3) is 3.77. The maximum absolute atomic E-state index is 10.8. The van der Waals surface area contributed by atoms with Gasteiger partial charge in [-0.1, -0.05) is 54.6 Å². The fourth-order valence-electron chi connectivity index (χ4n) is 8.17. The van der Waals surface area contributed by atoms with Crippen molar-refractivity contribution < 1.29 is 0 Å². The van der Waals surface area contributed by atoms with Crippen LogP contribution >= 0.6 is 22.7 Å². The summed E-state index contributed by atoms with van der Waals surface area (Å²) < 4.78 is 8.76. The molecule has 0 atom stereocenters. The first-order chi connectivity index (χ1) is 25.6. The molecule has 0 aliphatic carbocycles. The predicted molar refractivity (Wildman–Crippen MR) is 217 cm³/mol. The van der Waals surface area contributed by atoms with E-state index in [4.69, 9.17) is 6.57 Å². The lowest BCUT2D eigenvalue weighted by Gasteiger charge is -2.10. The van der Waals surface area contributed by atoms with Crippen molar-refractivity contribution in [1.82, 2.24) is 9.13 Å². The van der Waals surface area contributed by atoms with Crippen molar-refractivity contribution in [3.8, 4) is 23.5 Å². The second-order valence-electron chi connectivity index (χ2n) is 13.0. The fourth-order valence-corrected chi connectivity index (χ4v) is 10.5. The summed E-state index contributed by atoms with van der Waals surface area (Å²) in [6.07, 6.45) is 0. The summed E-state index contributed by atoms with van der Waals surface area (Å²) in [7, 11) is 0. The summed E-state index contributed by atoms with van der Waals surface area (Å²) in [4.78, 5) is 3.79. The minimum atomic E-state index is 0.613. The van der Waals surface area contributed by atoms with Crippen LogP contribution in [0, 0.1) is 29.2 Å². The highest BCUT2D eigenvalue weighted by Crippen LogP contribution is 2.46. The quantitative estimate of drug-likeness (QED) is 0.169. The largest absolute Gasteiger partial charge is 0.309 e. The lowest BCUT2D eigenvalue weighted by Crippen LogP contribution is -1.96. The summed E-state index contributed by atoms with van der Waals surface area (Å²) in [5.41, 5.74) is 8.02. The Kier molecular flexibility index (Phi) is 5.84. The molecule has 0 aliphatic heterocycles. The van der Waals surface area contributed by atoms with Crippen LogP contribution in [0.4, 0.5) is 5.69 Å². The van der Waals surface area contributed by atoms with Gasteiger partial charge in [0, 0.05) is 63.2 Å². The van der Waals surface area contributed by atoms with E-state index in [2.05, 4.69) is 117 Å². The highest BCUT2D eigenvalue weighted by Gasteiger charge is 2.22. The van der Waals surface area contributed by atoms with E-state index in [0.29, 0.717) is 16.8 Å². The van der Waals surface area contributed by atoms with E-state index in [0.717, 1.165) is 80.5 Å². The van der Waals surface area contributed by atoms with Gasteiger partial charge in [-0.15, -0.1) is 22.7 Å². The van der Waals surface area contributed by atoms with Crippen LogP contribution in [0.3, 0.4) is 0 Å². The Balaban J connectivity index is 1.19. The molecule has 5 nitrogen and oxygen atoms in total. The Morgan fingerprint density at radius 3 is 1.87 bits per heavy atom. The highest BCUT2D eigenvalue weighted by atomic mass is 32.1. The van der Waals surface area contributed by atoms with Crippen molar-refractivity contribution in [2.75, 3.05) is 0 Å². The van der Waals surface area contributed by atoms with Gasteiger partial charge in [0.15, 0.2) is 0 Å². The molecule has 11 aromatic rings. The molecule has 238 valence electrons. The lowest BCUT2D eigenvalue weighted by atomic mass is 10.0. The van der Waals surface area contributed by atoms with Gasteiger partial charge in [-0.2, -0.15) is 10.5 Å². The molecule has 0 amide bonds. The number of nitrogens with zero attached hydrogens (tertiary/aromatic N) is 5. The number of thiophene rings is 2. The van der Waals surface area contributed by atoms with E-state index >= 15 is 0 Å². The molecular weight excluding hydrogens is 675 g/mol. The normalized spacial score (nSPS) is 11.8. The second kappa shape index (κ2) is 10.5. The summed E-state index contributed by atoms with van der Waals surface area (Å²) >= 11 is 3.31. The minimum absolute atomic E-state index is 0.613. The van der Waals surface area contributed by atoms with Crippen LogP contribution in [-0.4, -0.2) is 9.13 Å². The van der Waals surface area contributed by atoms with Crippen LogP contribution in [0.2, 0.25) is 0 Å². The third-order valence-electron chi connectivity index (χ3n) is 10.4. The number of fused-ring (bicyclic) bond motifs is 12. The number of hydrogen-bond acceptors (Lipinski definition) is 4. The van der Waals surface area contributed by atoms with Gasteiger partial charge < -0.3 is 9.13 Å². The molecule has 4 heterocycles. The summed E-state index contributed by atoms with van der Waals surface area (Å²) in [5.74, 6) is 0. The molecule has 52 heavy (non-hydrogen) atoms. The van der Waals surface area contributed by atoms with Gasteiger partial charge in [-0.25, -0.2) is 4.85 Å². The van der Waals surface area contributed by atoms with Crippen LogP contribution < -0.4 is 0 Å². The molecular formula is C45H21N5S2. The summed E-state index contributed by atoms with van der Waals surface area (Å²) in [5, 5.41) is 29.1. The average molecular weight is 696 g/mol. The lowest BCUT2D eigenvalue weighted by molar-refractivity contribution is 1.18. The smallest absolute Gasteiger partial charge is 0.204 e. The zero-order valence-electron chi connectivity index (χ0n) is 27.2. The number of aromatic nitrogens is 2. The van der Waals surface area contributed by atoms with Crippen LogP contribution in [-0.2, 0) is 0 Å². The van der Waals surface area contributed by atoms with Crippen molar-refractivity contribution in [3.63, 3.8) is 0 Å². The SMILES string of the molecule is [C-]#[N+]c1cccc2c1sc1c(C#N)c3c(cc12)c1ccccc1n3-c1ccc2sc3ccc(-n4c5ccccc5c5cc(C#N)ccc54)cc3c2c1. The molecule has 0 saturated carbocycles. The van der Waals surface area contributed by atoms with E-state index in [9.17, 15) is 10.5 Å². The summed E-state index contributed by atoms with van der Waals surface area (Å²) in [6.45, 7) is 7.77.